The maximum absolute atomic E-state index is 6.33. The number of aromatic nitrogens is 3. The van der Waals surface area contributed by atoms with Crippen molar-refractivity contribution in [3.63, 3.8) is 0 Å². The van der Waals surface area contributed by atoms with E-state index in [0.29, 0.717) is 6.04 Å². The molecule has 0 saturated heterocycles. The minimum Gasteiger partial charge on any atom is -0.310 e. The van der Waals surface area contributed by atoms with Gasteiger partial charge in [-0.25, -0.2) is 4.68 Å². The van der Waals surface area contributed by atoms with Gasteiger partial charge in [0.05, 0.1) is 0 Å². The van der Waals surface area contributed by atoms with Gasteiger partial charge in [0.2, 0.25) is 0 Å². The van der Waals surface area contributed by atoms with Crippen LogP contribution in [0.25, 0.3) is 11.3 Å². The number of hydrogen-bond donors (Lipinski definition) is 1. The van der Waals surface area contributed by atoms with Crippen LogP contribution in [0.3, 0.4) is 0 Å². The number of nitrogens with one attached hydrogen (secondary N) is 1. The molecule has 0 amide bonds. The highest BCUT2D eigenvalue weighted by atomic mass is 79.9. The maximum Gasteiger partial charge on any atom is 0.156 e. The molecule has 0 bridgehead atoms. The second-order valence-corrected chi connectivity index (χ2v) is 5.85. The highest BCUT2D eigenvalue weighted by Gasteiger charge is 2.12. The average molecular weight is 344 g/mol. The van der Waals surface area contributed by atoms with Crippen molar-refractivity contribution in [1.29, 1.82) is 0 Å². The van der Waals surface area contributed by atoms with Gasteiger partial charge in [-0.1, -0.05) is 42.8 Å². The predicted molar refractivity (Wildman–Crippen MR) is 81.1 cm³/mol. The Hall–Kier alpha value is -0.910. The van der Waals surface area contributed by atoms with Gasteiger partial charge < -0.3 is 5.32 Å². The smallest absolute Gasteiger partial charge is 0.156 e. The highest BCUT2D eigenvalue weighted by Crippen LogP contribution is 2.29. The minimum absolute atomic E-state index is 0.436. The predicted octanol–water partition coefficient (Wildman–Crippen LogP) is 3.40. The number of aryl methyl sites for hydroxylation is 1. The molecule has 2 aromatic rings. The summed E-state index contributed by atoms with van der Waals surface area (Å²) in [5, 5.41) is 12.1. The lowest BCUT2D eigenvalue weighted by molar-refractivity contribution is 0.589. The summed E-state index contributed by atoms with van der Waals surface area (Å²) in [6, 6.07) is 6.45. The Kier molecular flexibility index (Phi) is 4.60. The van der Waals surface area contributed by atoms with Gasteiger partial charge >= 0.3 is 0 Å². The summed E-state index contributed by atoms with van der Waals surface area (Å²) >= 11 is 9.73. The van der Waals surface area contributed by atoms with E-state index in [4.69, 9.17) is 11.6 Å². The van der Waals surface area contributed by atoms with Crippen LogP contribution < -0.4 is 5.32 Å². The summed E-state index contributed by atoms with van der Waals surface area (Å²) in [6.07, 6.45) is 0. The van der Waals surface area contributed by atoms with Crippen LogP contribution in [0, 0.1) is 0 Å². The third-order valence-corrected chi connectivity index (χ3v) is 3.70. The second kappa shape index (κ2) is 6.03. The van der Waals surface area contributed by atoms with E-state index < -0.39 is 0 Å². The Morgan fingerprint density at radius 3 is 2.68 bits per heavy atom. The van der Waals surface area contributed by atoms with Crippen molar-refractivity contribution in [3.05, 3.63) is 33.4 Å². The van der Waals surface area contributed by atoms with E-state index >= 15 is 0 Å². The molecule has 0 radical (unpaired) electrons. The molecule has 1 heterocycles. The summed E-state index contributed by atoms with van der Waals surface area (Å²) in [6.45, 7) is 4.99. The molecule has 1 aromatic carbocycles. The third-order valence-electron chi connectivity index (χ3n) is 2.81. The summed E-state index contributed by atoms with van der Waals surface area (Å²) in [5.41, 5.74) is 3.01. The zero-order valence-corrected chi connectivity index (χ0v) is 13.5. The molecule has 4 nitrogen and oxygen atoms in total. The first-order valence-electron chi connectivity index (χ1n) is 6.06. The number of halogens is 2. The van der Waals surface area contributed by atoms with Gasteiger partial charge in [0, 0.05) is 30.2 Å². The fourth-order valence-electron chi connectivity index (χ4n) is 1.79. The standard InChI is InChI=1S/C13H16BrClN4/c1-8(2)16-7-10-5-4-9(6-11(10)15)12-13(14)17-18-19(12)3/h4-6,8,16H,7H2,1-3H3. The van der Waals surface area contributed by atoms with Crippen LogP contribution in [0.4, 0.5) is 0 Å². The molecule has 0 unspecified atom stereocenters. The molecule has 0 aliphatic carbocycles. The van der Waals surface area contributed by atoms with Crippen molar-refractivity contribution >= 4 is 27.5 Å². The normalized spacial score (nSPS) is 11.3. The zero-order valence-electron chi connectivity index (χ0n) is 11.1. The van der Waals surface area contributed by atoms with Gasteiger partial charge in [0.25, 0.3) is 0 Å². The highest BCUT2D eigenvalue weighted by molar-refractivity contribution is 9.10. The van der Waals surface area contributed by atoms with Gasteiger partial charge in [-0.05, 0) is 27.6 Å². The summed E-state index contributed by atoms with van der Waals surface area (Å²) in [4.78, 5) is 0. The average Bonchev–Trinajstić information content (AvgIpc) is 2.67. The molecule has 0 fully saturated rings. The molecule has 19 heavy (non-hydrogen) atoms. The van der Waals surface area contributed by atoms with Crippen molar-refractivity contribution in [2.45, 2.75) is 26.4 Å². The number of benzene rings is 1. The van der Waals surface area contributed by atoms with Crippen LogP contribution in [-0.2, 0) is 13.6 Å². The van der Waals surface area contributed by atoms with E-state index in [1.54, 1.807) is 4.68 Å². The van der Waals surface area contributed by atoms with Crippen LogP contribution in [0.1, 0.15) is 19.4 Å². The first-order chi connectivity index (χ1) is 8.99. The Morgan fingerprint density at radius 2 is 2.16 bits per heavy atom. The third kappa shape index (κ3) is 3.35. The summed E-state index contributed by atoms with van der Waals surface area (Å²) in [5.74, 6) is 0. The number of hydrogen-bond acceptors (Lipinski definition) is 3. The zero-order chi connectivity index (χ0) is 14.0. The first kappa shape index (κ1) is 14.5. The molecule has 102 valence electrons. The Bertz CT molecular complexity index is 561. The fourth-order valence-corrected chi connectivity index (χ4v) is 2.59. The molecule has 0 saturated carbocycles. The topological polar surface area (TPSA) is 42.7 Å². The van der Waals surface area contributed by atoms with Crippen LogP contribution in [0.5, 0.6) is 0 Å². The summed E-state index contributed by atoms with van der Waals surface area (Å²) in [7, 11) is 1.86. The van der Waals surface area contributed by atoms with Crippen LogP contribution in [0.15, 0.2) is 22.8 Å². The van der Waals surface area contributed by atoms with Gasteiger partial charge in [-0.15, -0.1) is 5.10 Å². The van der Waals surface area contributed by atoms with E-state index in [9.17, 15) is 0 Å². The van der Waals surface area contributed by atoms with Crippen molar-refractivity contribution in [2.75, 3.05) is 0 Å². The Labute approximate surface area is 126 Å². The molecular formula is C13H16BrClN4. The van der Waals surface area contributed by atoms with Crippen molar-refractivity contribution in [3.8, 4) is 11.3 Å². The summed E-state index contributed by atoms with van der Waals surface area (Å²) < 4.78 is 2.45. The second-order valence-electron chi connectivity index (χ2n) is 4.69. The Morgan fingerprint density at radius 1 is 1.42 bits per heavy atom. The molecule has 2 rings (SSSR count). The van der Waals surface area contributed by atoms with Gasteiger partial charge in [-0.2, -0.15) is 0 Å². The minimum atomic E-state index is 0.436. The largest absolute Gasteiger partial charge is 0.310 e. The van der Waals surface area contributed by atoms with Gasteiger partial charge in [-0.3, -0.25) is 0 Å². The lowest BCUT2D eigenvalue weighted by Crippen LogP contribution is -2.21. The maximum atomic E-state index is 6.33. The van der Waals surface area contributed by atoms with E-state index in [-0.39, 0.29) is 0 Å². The van der Waals surface area contributed by atoms with Crippen molar-refractivity contribution < 1.29 is 0 Å². The van der Waals surface area contributed by atoms with Crippen molar-refractivity contribution in [1.82, 2.24) is 20.3 Å². The quantitative estimate of drug-likeness (QED) is 0.925. The van der Waals surface area contributed by atoms with Crippen LogP contribution in [-0.4, -0.2) is 21.0 Å². The van der Waals surface area contributed by atoms with Gasteiger partial charge in [0.15, 0.2) is 4.60 Å². The molecule has 1 aromatic heterocycles. The van der Waals surface area contributed by atoms with E-state index in [1.165, 1.54) is 0 Å². The van der Waals surface area contributed by atoms with E-state index in [0.717, 1.165) is 33.0 Å². The molecule has 0 spiro atoms. The van der Waals surface area contributed by atoms with Crippen LogP contribution >= 0.6 is 27.5 Å². The molecular weight excluding hydrogens is 328 g/mol. The van der Waals surface area contributed by atoms with Gasteiger partial charge in [0.1, 0.15) is 5.69 Å². The Balaban J connectivity index is 2.29. The lowest BCUT2D eigenvalue weighted by Gasteiger charge is -2.11. The lowest BCUT2D eigenvalue weighted by atomic mass is 10.1. The fraction of sp³-hybridized carbons (Fsp3) is 0.385. The molecule has 0 aliphatic heterocycles. The van der Waals surface area contributed by atoms with E-state index in [2.05, 4.69) is 45.4 Å². The van der Waals surface area contributed by atoms with Crippen molar-refractivity contribution in [2.24, 2.45) is 7.05 Å². The van der Waals surface area contributed by atoms with E-state index in [1.807, 2.05) is 25.2 Å². The first-order valence-corrected chi connectivity index (χ1v) is 7.23. The number of rotatable bonds is 4. The number of nitrogens with zero attached hydrogens (tertiary/aromatic N) is 3. The molecule has 0 aliphatic rings. The molecule has 1 N–H and O–H groups in total. The molecule has 0 atom stereocenters. The van der Waals surface area contributed by atoms with Crippen LogP contribution in [0.2, 0.25) is 5.02 Å². The monoisotopic (exact) mass is 342 g/mol. The molecule has 6 heteroatoms. The SMILES string of the molecule is CC(C)NCc1ccc(-c2c(Br)nnn2C)cc1Cl.